The Morgan fingerprint density at radius 3 is 2.79 bits per heavy atom. The van der Waals surface area contributed by atoms with Crippen LogP contribution in [0.1, 0.15) is 12.0 Å². The molecule has 2 aromatic rings. The lowest BCUT2D eigenvalue weighted by Crippen LogP contribution is -2.49. The third kappa shape index (κ3) is 3.04. The maximum Gasteiger partial charge on any atom is 0.276 e. The van der Waals surface area contributed by atoms with Gasteiger partial charge in [-0.15, -0.1) is 0 Å². The van der Waals surface area contributed by atoms with E-state index < -0.39 is 10.2 Å². The van der Waals surface area contributed by atoms with Crippen molar-refractivity contribution in [2.75, 3.05) is 38.7 Å². The van der Waals surface area contributed by atoms with Gasteiger partial charge in [0.05, 0.1) is 7.11 Å². The van der Waals surface area contributed by atoms with Crippen LogP contribution in [0.15, 0.2) is 12.4 Å². The molecule has 0 amide bonds. The van der Waals surface area contributed by atoms with Gasteiger partial charge in [-0.1, -0.05) is 0 Å². The van der Waals surface area contributed by atoms with E-state index in [1.807, 2.05) is 13.0 Å². The first-order valence-corrected chi connectivity index (χ1v) is 9.18. The van der Waals surface area contributed by atoms with E-state index in [2.05, 4.69) is 15.0 Å². The molecule has 0 bridgehead atoms. The van der Waals surface area contributed by atoms with Crippen molar-refractivity contribution in [3.8, 4) is 5.88 Å². The summed E-state index contributed by atoms with van der Waals surface area (Å²) in [6, 6.07) is 1.94. The highest BCUT2D eigenvalue weighted by Gasteiger charge is 2.30. The molecule has 10 heteroatoms. The van der Waals surface area contributed by atoms with Gasteiger partial charge in [-0.05, 0) is 24.8 Å². The monoisotopic (exact) mass is 354 g/mol. The number of aromatic nitrogens is 3. The Bertz CT molecular complexity index is 844. The SMILES string of the molecule is COc1cc(C)c2c(N3CC(CCN(C)S(N)(=O)=O)C3)ncnn12. The highest BCUT2D eigenvalue weighted by atomic mass is 32.2. The maximum atomic E-state index is 11.2. The number of nitrogens with zero attached hydrogens (tertiary/aromatic N) is 5. The lowest BCUT2D eigenvalue weighted by molar-refractivity contribution is 0.343. The van der Waals surface area contributed by atoms with E-state index in [4.69, 9.17) is 9.88 Å². The fraction of sp³-hybridized carbons (Fsp3) is 0.571. The number of nitrogens with two attached hydrogens (primary N) is 1. The largest absolute Gasteiger partial charge is 0.481 e. The molecule has 3 heterocycles. The first-order chi connectivity index (χ1) is 11.3. The van der Waals surface area contributed by atoms with Crippen molar-refractivity contribution in [3.05, 3.63) is 18.0 Å². The molecular weight excluding hydrogens is 332 g/mol. The standard InChI is InChI=1S/C14H22N6O3S/c1-10-6-12(23-3)20-13(10)14(16-9-17-20)19-7-11(8-19)4-5-18(2)24(15,21)22/h6,9,11H,4-5,7-8H2,1-3H3,(H2,15,21,22). The molecule has 0 saturated carbocycles. The zero-order valence-corrected chi connectivity index (χ0v) is 14.8. The summed E-state index contributed by atoms with van der Waals surface area (Å²) in [7, 11) is -0.489. The summed E-state index contributed by atoms with van der Waals surface area (Å²) in [6.07, 6.45) is 2.29. The molecule has 2 N–H and O–H groups in total. The molecule has 1 aliphatic heterocycles. The van der Waals surface area contributed by atoms with E-state index in [0.29, 0.717) is 18.3 Å². The molecule has 3 rings (SSSR count). The van der Waals surface area contributed by atoms with Crippen LogP contribution in [0.4, 0.5) is 5.82 Å². The lowest BCUT2D eigenvalue weighted by Gasteiger charge is -2.40. The highest BCUT2D eigenvalue weighted by molar-refractivity contribution is 7.86. The Kier molecular flexibility index (Phi) is 4.37. The molecule has 0 unspecified atom stereocenters. The van der Waals surface area contributed by atoms with Crippen molar-refractivity contribution in [3.63, 3.8) is 0 Å². The van der Waals surface area contributed by atoms with Crippen molar-refractivity contribution in [2.24, 2.45) is 11.1 Å². The topological polar surface area (TPSA) is 106 Å². The van der Waals surface area contributed by atoms with E-state index in [1.54, 1.807) is 11.6 Å². The molecule has 0 aliphatic carbocycles. The molecule has 9 nitrogen and oxygen atoms in total. The van der Waals surface area contributed by atoms with E-state index in [1.165, 1.54) is 17.7 Å². The minimum absolute atomic E-state index is 0.418. The fourth-order valence-corrected chi connectivity index (χ4v) is 3.32. The smallest absolute Gasteiger partial charge is 0.276 e. The minimum Gasteiger partial charge on any atom is -0.481 e. The first kappa shape index (κ1) is 16.9. The zero-order chi connectivity index (χ0) is 17.5. The van der Waals surface area contributed by atoms with E-state index in [9.17, 15) is 8.42 Å². The van der Waals surface area contributed by atoms with Gasteiger partial charge in [-0.3, -0.25) is 0 Å². The summed E-state index contributed by atoms with van der Waals surface area (Å²) in [5.41, 5.74) is 1.99. The van der Waals surface area contributed by atoms with Crippen LogP contribution in [-0.2, 0) is 10.2 Å². The van der Waals surface area contributed by atoms with Crippen LogP contribution in [0, 0.1) is 12.8 Å². The molecule has 1 aliphatic rings. The maximum absolute atomic E-state index is 11.2. The number of methoxy groups -OCH3 is 1. The first-order valence-electron chi connectivity index (χ1n) is 7.67. The van der Waals surface area contributed by atoms with Crippen molar-refractivity contribution < 1.29 is 13.2 Å². The van der Waals surface area contributed by atoms with E-state index in [-0.39, 0.29) is 0 Å². The molecule has 0 spiro atoms. The fourth-order valence-electron chi connectivity index (χ4n) is 2.96. The number of fused-ring (bicyclic) bond motifs is 1. The number of hydrogen-bond donors (Lipinski definition) is 1. The quantitative estimate of drug-likeness (QED) is 0.783. The van der Waals surface area contributed by atoms with Gasteiger partial charge in [0.15, 0.2) is 5.82 Å². The summed E-state index contributed by atoms with van der Waals surface area (Å²) >= 11 is 0. The van der Waals surface area contributed by atoms with Gasteiger partial charge in [0.1, 0.15) is 11.8 Å². The molecule has 24 heavy (non-hydrogen) atoms. The van der Waals surface area contributed by atoms with Crippen LogP contribution in [0.25, 0.3) is 5.52 Å². The molecule has 0 aromatic carbocycles. The second-order valence-electron chi connectivity index (χ2n) is 6.14. The second-order valence-corrected chi connectivity index (χ2v) is 7.79. The number of rotatable bonds is 6. The minimum atomic E-state index is -3.60. The van der Waals surface area contributed by atoms with Gasteiger partial charge in [0, 0.05) is 32.7 Å². The third-order valence-electron chi connectivity index (χ3n) is 4.45. The lowest BCUT2D eigenvalue weighted by atomic mass is 9.96. The Hall–Kier alpha value is -1.91. The summed E-state index contributed by atoms with van der Waals surface area (Å²) in [5.74, 6) is 1.97. The van der Waals surface area contributed by atoms with Gasteiger partial charge in [0.25, 0.3) is 10.2 Å². The van der Waals surface area contributed by atoms with Gasteiger partial charge in [-0.2, -0.15) is 22.3 Å². The molecule has 0 atom stereocenters. The predicted molar refractivity (Wildman–Crippen MR) is 90.3 cm³/mol. The Labute approximate surface area is 141 Å². The summed E-state index contributed by atoms with van der Waals surface area (Å²) in [5, 5.41) is 9.34. The highest BCUT2D eigenvalue weighted by Crippen LogP contribution is 2.32. The number of hydrogen-bond acceptors (Lipinski definition) is 6. The van der Waals surface area contributed by atoms with E-state index >= 15 is 0 Å². The van der Waals surface area contributed by atoms with Gasteiger partial charge in [0.2, 0.25) is 5.88 Å². The number of anilines is 1. The van der Waals surface area contributed by atoms with Gasteiger partial charge in [-0.25, -0.2) is 10.1 Å². The van der Waals surface area contributed by atoms with Crippen LogP contribution in [0.2, 0.25) is 0 Å². The second kappa shape index (κ2) is 6.19. The molecular formula is C14H22N6O3S. The molecule has 1 saturated heterocycles. The van der Waals surface area contributed by atoms with Crippen LogP contribution < -0.4 is 14.8 Å². The van der Waals surface area contributed by atoms with Crippen LogP contribution in [0.5, 0.6) is 5.88 Å². The van der Waals surface area contributed by atoms with Gasteiger partial charge >= 0.3 is 0 Å². The number of aryl methyl sites for hydroxylation is 1. The Balaban J connectivity index is 1.68. The van der Waals surface area contributed by atoms with Crippen molar-refractivity contribution in [1.82, 2.24) is 18.9 Å². The summed E-state index contributed by atoms with van der Waals surface area (Å²) in [4.78, 5) is 6.59. The average molecular weight is 354 g/mol. The average Bonchev–Trinajstić information content (AvgIpc) is 2.81. The molecule has 132 valence electrons. The molecule has 1 fully saturated rings. The Morgan fingerprint density at radius 1 is 1.46 bits per heavy atom. The Morgan fingerprint density at radius 2 is 2.17 bits per heavy atom. The molecule has 2 aromatic heterocycles. The normalized spacial score (nSPS) is 16.0. The van der Waals surface area contributed by atoms with Crippen LogP contribution in [0.3, 0.4) is 0 Å². The van der Waals surface area contributed by atoms with E-state index in [0.717, 1.165) is 36.4 Å². The predicted octanol–water partition coefficient (Wildman–Crippen LogP) is 0.00792. The summed E-state index contributed by atoms with van der Waals surface area (Å²) in [6.45, 7) is 4.09. The zero-order valence-electron chi connectivity index (χ0n) is 14.0. The molecule has 0 radical (unpaired) electrons. The van der Waals surface area contributed by atoms with Gasteiger partial charge < -0.3 is 9.64 Å². The van der Waals surface area contributed by atoms with Crippen LogP contribution in [-0.4, -0.2) is 61.1 Å². The summed E-state index contributed by atoms with van der Waals surface area (Å²) < 4.78 is 30.7. The van der Waals surface area contributed by atoms with Crippen molar-refractivity contribution >= 4 is 21.5 Å². The van der Waals surface area contributed by atoms with Crippen molar-refractivity contribution in [2.45, 2.75) is 13.3 Å². The van der Waals surface area contributed by atoms with Crippen LogP contribution >= 0.6 is 0 Å². The number of ether oxygens (including phenoxy) is 1. The van der Waals surface area contributed by atoms with Crippen molar-refractivity contribution in [1.29, 1.82) is 0 Å². The third-order valence-corrected chi connectivity index (χ3v) is 5.50.